The normalized spacial score (nSPS) is 20.1. The van der Waals surface area contributed by atoms with Crippen LogP contribution in [0.4, 0.5) is 0 Å². The zero-order valence-electron chi connectivity index (χ0n) is 13.2. The number of thiophene rings is 1. The van der Waals surface area contributed by atoms with Crippen molar-refractivity contribution in [3.05, 3.63) is 22.4 Å². The molecule has 1 aromatic heterocycles. The van der Waals surface area contributed by atoms with Gasteiger partial charge in [-0.25, -0.2) is 8.42 Å². The highest BCUT2D eigenvalue weighted by Crippen LogP contribution is 2.20. The van der Waals surface area contributed by atoms with Crippen LogP contribution < -0.4 is 0 Å². The molecule has 22 heavy (non-hydrogen) atoms. The SMILES string of the molecule is CCCCN(C(=O)CCCc1cccs1)C1CCS(=O)(=O)C1. The lowest BCUT2D eigenvalue weighted by Crippen LogP contribution is -2.41. The second-order valence-electron chi connectivity index (χ2n) is 5.93. The Morgan fingerprint density at radius 2 is 2.23 bits per heavy atom. The van der Waals surface area contributed by atoms with Gasteiger partial charge in [-0.3, -0.25) is 4.79 Å². The van der Waals surface area contributed by atoms with Gasteiger partial charge in [0.1, 0.15) is 0 Å². The topological polar surface area (TPSA) is 54.5 Å². The summed E-state index contributed by atoms with van der Waals surface area (Å²) in [4.78, 5) is 15.6. The molecular formula is C16H25NO3S2. The third-order valence-electron chi connectivity index (χ3n) is 4.12. The molecule has 124 valence electrons. The van der Waals surface area contributed by atoms with E-state index in [1.54, 1.807) is 11.3 Å². The number of carbonyl (C=O) groups is 1. The summed E-state index contributed by atoms with van der Waals surface area (Å²) in [5, 5.41) is 2.05. The van der Waals surface area contributed by atoms with Crippen molar-refractivity contribution in [3.8, 4) is 0 Å². The minimum absolute atomic E-state index is 0.106. The lowest BCUT2D eigenvalue weighted by atomic mass is 10.1. The van der Waals surface area contributed by atoms with Crippen molar-refractivity contribution in [1.29, 1.82) is 0 Å². The second kappa shape index (κ2) is 8.11. The van der Waals surface area contributed by atoms with E-state index >= 15 is 0 Å². The lowest BCUT2D eigenvalue weighted by Gasteiger charge is -2.28. The van der Waals surface area contributed by atoms with Crippen LogP contribution in [0.25, 0.3) is 0 Å². The van der Waals surface area contributed by atoms with Gasteiger partial charge in [0, 0.05) is 23.9 Å². The molecule has 0 bridgehead atoms. The first-order chi connectivity index (χ1) is 10.5. The van der Waals surface area contributed by atoms with Crippen molar-refractivity contribution in [2.45, 2.75) is 51.5 Å². The molecule has 4 nitrogen and oxygen atoms in total. The van der Waals surface area contributed by atoms with Crippen molar-refractivity contribution in [2.24, 2.45) is 0 Å². The Morgan fingerprint density at radius 3 is 2.82 bits per heavy atom. The summed E-state index contributed by atoms with van der Waals surface area (Å²) in [5.74, 6) is 0.489. The molecule has 0 aliphatic carbocycles. The van der Waals surface area contributed by atoms with Gasteiger partial charge in [-0.1, -0.05) is 19.4 Å². The van der Waals surface area contributed by atoms with Crippen LogP contribution >= 0.6 is 11.3 Å². The lowest BCUT2D eigenvalue weighted by molar-refractivity contribution is -0.133. The summed E-state index contributed by atoms with van der Waals surface area (Å²) in [6.07, 6.45) is 4.82. The first-order valence-corrected chi connectivity index (χ1v) is 10.7. The summed E-state index contributed by atoms with van der Waals surface area (Å²) in [7, 11) is -2.95. The van der Waals surface area contributed by atoms with Crippen LogP contribution in [0, 0.1) is 0 Å². The third-order valence-corrected chi connectivity index (χ3v) is 6.80. The summed E-state index contributed by atoms with van der Waals surface area (Å²) >= 11 is 1.72. The molecule has 6 heteroatoms. The summed E-state index contributed by atoms with van der Waals surface area (Å²) in [5.41, 5.74) is 0. The van der Waals surface area contributed by atoms with E-state index in [2.05, 4.69) is 13.0 Å². The fourth-order valence-electron chi connectivity index (χ4n) is 2.87. The standard InChI is InChI=1S/C16H25NO3S2/c1-2-3-10-17(14-9-12-22(19,20)13-14)16(18)8-4-6-15-7-5-11-21-15/h5,7,11,14H,2-4,6,8-10,12-13H2,1H3. The van der Waals surface area contributed by atoms with Gasteiger partial charge >= 0.3 is 0 Å². The zero-order valence-corrected chi connectivity index (χ0v) is 14.8. The number of hydrogen-bond donors (Lipinski definition) is 0. The molecule has 0 radical (unpaired) electrons. The molecule has 0 aromatic carbocycles. The molecule has 1 saturated heterocycles. The van der Waals surface area contributed by atoms with Gasteiger partial charge in [-0.15, -0.1) is 11.3 Å². The van der Waals surface area contributed by atoms with E-state index in [9.17, 15) is 13.2 Å². The average molecular weight is 344 g/mol. The van der Waals surface area contributed by atoms with Gasteiger partial charge in [0.2, 0.25) is 5.91 Å². The number of sulfone groups is 1. The predicted octanol–water partition coefficient (Wildman–Crippen LogP) is 2.89. The predicted molar refractivity (Wildman–Crippen MR) is 90.9 cm³/mol. The molecular weight excluding hydrogens is 318 g/mol. The highest BCUT2D eigenvalue weighted by Gasteiger charge is 2.33. The maximum absolute atomic E-state index is 12.5. The van der Waals surface area contributed by atoms with E-state index in [1.807, 2.05) is 16.3 Å². The Bertz CT molecular complexity index is 566. The number of unbranched alkanes of at least 4 members (excludes halogenated alkanes) is 1. The van der Waals surface area contributed by atoms with Crippen LogP contribution in [-0.2, 0) is 21.1 Å². The van der Waals surface area contributed by atoms with E-state index in [-0.39, 0.29) is 23.5 Å². The van der Waals surface area contributed by atoms with Crippen LogP contribution in [0.5, 0.6) is 0 Å². The second-order valence-corrected chi connectivity index (χ2v) is 9.19. The molecule has 1 aliphatic rings. The van der Waals surface area contributed by atoms with Gasteiger partial charge in [-0.2, -0.15) is 0 Å². The average Bonchev–Trinajstić information content (AvgIpc) is 3.09. The molecule has 1 atom stereocenters. The quantitative estimate of drug-likeness (QED) is 0.729. The monoisotopic (exact) mass is 343 g/mol. The van der Waals surface area contributed by atoms with Gasteiger partial charge in [-0.05, 0) is 37.1 Å². The fraction of sp³-hybridized carbons (Fsp3) is 0.688. The molecule has 1 aromatic rings. The maximum atomic E-state index is 12.5. The smallest absolute Gasteiger partial charge is 0.222 e. The van der Waals surface area contributed by atoms with Crippen molar-refractivity contribution >= 4 is 27.1 Å². The third kappa shape index (κ3) is 5.09. The molecule has 0 N–H and O–H groups in total. The minimum atomic E-state index is -2.95. The molecule has 1 fully saturated rings. The number of rotatable bonds is 8. The van der Waals surface area contributed by atoms with Crippen LogP contribution in [0.1, 0.15) is 43.9 Å². The van der Waals surface area contributed by atoms with E-state index < -0.39 is 9.84 Å². The van der Waals surface area contributed by atoms with Crippen molar-refractivity contribution in [1.82, 2.24) is 4.90 Å². The van der Waals surface area contributed by atoms with Crippen LogP contribution in [0.2, 0.25) is 0 Å². The minimum Gasteiger partial charge on any atom is -0.339 e. The first-order valence-electron chi connectivity index (χ1n) is 8.04. The highest BCUT2D eigenvalue weighted by molar-refractivity contribution is 7.91. The summed E-state index contributed by atoms with van der Waals surface area (Å²) in [6, 6.07) is 4.01. The first kappa shape index (κ1) is 17.5. The van der Waals surface area contributed by atoms with Crippen LogP contribution in [0.3, 0.4) is 0 Å². The van der Waals surface area contributed by atoms with E-state index in [1.165, 1.54) is 4.88 Å². The van der Waals surface area contributed by atoms with Gasteiger partial charge in [0.25, 0.3) is 0 Å². The Balaban J connectivity index is 1.88. The molecule has 0 saturated carbocycles. The van der Waals surface area contributed by atoms with Gasteiger partial charge in [0.05, 0.1) is 11.5 Å². The summed E-state index contributed by atoms with van der Waals surface area (Å²) in [6.45, 7) is 2.78. The Kier molecular flexibility index (Phi) is 6.44. The van der Waals surface area contributed by atoms with Crippen LogP contribution in [0.15, 0.2) is 17.5 Å². The van der Waals surface area contributed by atoms with Crippen molar-refractivity contribution < 1.29 is 13.2 Å². The zero-order chi connectivity index (χ0) is 16.0. The van der Waals surface area contributed by atoms with Crippen LogP contribution in [-0.4, -0.2) is 43.3 Å². The molecule has 0 spiro atoms. The molecule has 1 aliphatic heterocycles. The van der Waals surface area contributed by atoms with E-state index in [4.69, 9.17) is 0 Å². The van der Waals surface area contributed by atoms with Gasteiger partial charge < -0.3 is 4.90 Å². The molecule has 2 heterocycles. The number of aryl methyl sites for hydroxylation is 1. The molecule has 2 rings (SSSR count). The van der Waals surface area contributed by atoms with Crippen molar-refractivity contribution in [3.63, 3.8) is 0 Å². The molecule has 1 amide bonds. The summed E-state index contributed by atoms with van der Waals surface area (Å²) < 4.78 is 23.3. The Labute approximate surface area is 137 Å². The Morgan fingerprint density at radius 1 is 1.41 bits per heavy atom. The molecule has 1 unspecified atom stereocenters. The maximum Gasteiger partial charge on any atom is 0.222 e. The number of amides is 1. The highest BCUT2D eigenvalue weighted by atomic mass is 32.2. The Hall–Kier alpha value is -0.880. The number of carbonyl (C=O) groups excluding carboxylic acids is 1. The van der Waals surface area contributed by atoms with Gasteiger partial charge in [0.15, 0.2) is 9.84 Å². The van der Waals surface area contributed by atoms with Crippen molar-refractivity contribution in [2.75, 3.05) is 18.1 Å². The van der Waals surface area contributed by atoms with E-state index in [0.29, 0.717) is 19.4 Å². The number of hydrogen-bond acceptors (Lipinski definition) is 4. The van der Waals surface area contributed by atoms with E-state index in [0.717, 1.165) is 25.7 Å². The fourth-order valence-corrected chi connectivity index (χ4v) is 5.35. The largest absolute Gasteiger partial charge is 0.339 e. The number of nitrogens with zero attached hydrogens (tertiary/aromatic N) is 1.